The van der Waals surface area contributed by atoms with Crippen LogP contribution in [0.2, 0.25) is 10.0 Å². The van der Waals surface area contributed by atoms with Gasteiger partial charge in [0.05, 0.1) is 17.2 Å². The number of anilines is 1. The van der Waals surface area contributed by atoms with Crippen molar-refractivity contribution in [3.63, 3.8) is 0 Å². The number of hydrazone groups is 1. The van der Waals surface area contributed by atoms with Gasteiger partial charge in [-0.25, -0.2) is 15.0 Å². The molecule has 10 heteroatoms. The van der Waals surface area contributed by atoms with Gasteiger partial charge in [0.2, 0.25) is 5.91 Å². The Hall–Kier alpha value is -2.32. The van der Waals surface area contributed by atoms with Crippen LogP contribution in [-0.4, -0.2) is 41.8 Å². The summed E-state index contributed by atoms with van der Waals surface area (Å²) in [5.41, 5.74) is 2.68. The van der Waals surface area contributed by atoms with Gasteiger partial charge in [0.15, 0.2) is 0 Å². The number of urea groups is 1. The van der Waals surface area contributed by atoms with Crippen molar-refractivity contribution in [2.24, 2.45) is 5.10 Å². The van der Waals surface area contributed by atoms with E-state index in [0.29, 0.717) is 22.2 Å². The highest BCUT2D eigenvalue weighted by atomic mass is 35.5. The summed E-state index contributed by atoms with van der Waals surface area (Å²) in [5, 5.41) is 7.03. The number of halogens is 2. The summed E-state index contributed by atoms with van der Waals surface area (Å²) < 4.78 is 4.68. The van der Waals surface area contributed by atoms with E-state index in [1.54, 1.807) is 6.07 Å². The Labute approximate surface area is 154 Å². The van der Waals surface area contributed by atoms with Gasteiger partial charge in [-0.05, 0) is 31.5 Å². The van der Waals surface area contributed by atoms with Gasteiger partial charge in [0.1, 0.15) is 11.9 Å². The van der Waals surface area contributed by atoms with E-state index in [9.17, 15) is 14.4 Å². The van der Waals surface area contributed by atoms with Gasteiger partial charge < -0.3 is 10.1 Å². The molecule has 0 spiro atoms. The molecule has 0 radical (unpaired) electrons. The Morgan fingerprint density at radius 2 is 2.04 bits per heavy atom. The molecule has 1 aromatic carbocycles. The molecule has 3 amide bonds. The molecule has 2 rings (SSSR count). The second-order valence-electron chi connectivity index (χ2n) is 5.20. The molecule has 2 N–H and O–H groups in total. The fraction of sp³-hybridized carbons (Fsp3) is 0.333. The highest BCUT2D eigenvalue weighted by Gasteiger charge is 2.38. The lowest BCUT2D eigenvalue weighted by molar-refractivity contribution is -0.146. The molecule has 0 bridgehead atoms. The minimum Gasteiger partial charge on any atom is -0.467 e. The molecule has 1 aromatic rings. The van der Waals surface area contributed by atoms with E-state index in [2.05, 4.69) is 20.6 Å². The predicted molar refractivity (Wildman–Crippen MR) is 93.6 cm³/mol. The number of amidine groups is 1. The molecule has 0 aromatic heterocycles. The predicted octanol–water partition coefficient (Wildman–Crippen LogP) is 2.61. The number of carbonyl (C=O) groups excluding carboxylic acids is 3. The van der Waals surface area contributed by atoms with Gasteiger partial charge in [0.25, 0.3) is 0 Å². The molecule has 134 valence electrons. The highest BCUT2D eigenvalue weighted by molar-refractivity contribution is 6.42. The maximum absolute atomic E-state index is 11.9. The van der Waals surface area contributed by atoms with Gasteiger partial charge >= 0.3 is 12.0 Å². The number of ether oxygens (including phenoxy) is 1. The number of methoxy groups -OCH3 is 1. The summed E-state index contributed by atoms with van der Waals surface area (Å²) in [4.78, 5) is 36.7. The van der Waals surface area contributed by atoms with E-state index in [-0.39, 0.29) is 18.2 Å². The first-order valence-corrected chi connectivity index (χ1v) is 8.05. The normalized spacial score (nSPS) is 17.4. The zero-order valence-electron chi connectivity index (χ0n) is 13.5. The third-order valence-electron chi connectivity index (χ3n) is 3.53. The third kappa shape index (κ3) is 4.61. The first-order chi connectivity index (χ1) is 11.8. The topological polar surface area (TPSA) is 100 Å². The van der Waals surface area contributed by atoms with Crippen molar-refractivity contribution in [1.29, 1.82) is 0 Å². The minimum absolute atomic E-state index is 0.183. The quantitative estimate of drug-likeness (QED) is 0.360. The average Bonchev–Trinajstić information content (AvgIpc) is 2.97. The summed E-state index contributed by atoms with van der Waals surface area (Å²) in [5.74, 6) is -0.605. The van der Waals surface area contributed by atoms with E-state index in [0.717, 1.165) is 0 Å². The zero-order valence-corrected chi connectivity index (χ0v) is 15.0. The number of esters is 1. The molecule has 8 nitrogen and oxygen atoms in total. The van der Waals surface area contributed by atoms with Crippen LogP contribution in [0.15, 0.2) is 23.3 Å². The first-order valence-electron chi connectivity index (χ1n) is 7.29. The van der Waals surface area contributed by atoms with Crippen LogP contribution in [0.1, 0.15) is 19.8 Å². The number of carbonyl (C=O) groups is 3. The number of hydrogen-bond acceptors (Lipinski definition) is 5. The van der Waals surface area contributed by atoms with Gasteiger partial charge in [-0.1, -0.05) is 23.2 Å². The number of hydrogen-bond donors (Lipinski definition) is 2. The Kier molecular flexibility index (Phi) is 6.22. The maximum atomic E-state index is 11.9. The number of amides is 3. The van der Waals surface area contributed by atoms with Gasteiger partial charge in [0, 0.05) is 12.1 Å². The van der Waals surface area contributed by atoms with Gasteiger partial charge in [-0.15, -0.1) is 0 Å². The molecule has 1 atom stereocenters. The largest absolute Gasteiger partial charge is 0.467 e. The second-order valence-corrected chi connectivity index (χ2v) is 6.01. The molecular formula is C15H16Cl2N4O4. The van der Waals surface area contributed by atoms with Crippen molar-refractivity contribution >= 4 is 52.6 Å². The van der Waals surface area contributed by atoms with E-state index in [1.807, 2.05) is 0 Å². The van der Waals surface area contributed by atoms with Crippen LogP contribution in [0.5, 0.6) is 0 Å². The molecule has 1 aliphatic heterocycles. The molecule has 0 saturated carbocycles. The van der Waals surface area contributed by atoms with Crippen molar-refractivity contribution in [2.45, 2.75) is 25.8 Å². The van der Waals surface area contributed by atoms with E-state index in [4.69, 9.17) is 23.2 Å². The molecule has 1 heterocycles. The van der Waals surface area contributed by atoms with E-state index in [1.165, 1.54) is 31.1 Å². The minimum atomic E-state index is -0.735. The van der Waals surface area contributed by atoms with Crippen molar-refractivity contribution in [1.82, 2.24) is 10.3 Å². The molecule has 0 aliphatic carbocycles. The van der Waals surface area contributed by atoms with Crippen LogP contribution in [0.3, 0.4) is 0 Å². The third-order valence-corrected chi connectivity index (χ3v) is 4.27. The summed E-state index contributed by atoms with van der Waals surface area (Å²) in [6, 6.07) is 3.22. The summed E-state index contributed by atoms with van der Waals surface area (Å²) in [7, 11) is 1.25. The number of nitrogens with one attached hydrogen (secondary N) is 2. The van der Waals surface area contributed by atoms with Crippen molar-refractivity contribution in [3.8, 4) is 0 Å². The summed E-state index contributed by atoms with van der Waals surface area (Å²) in [6.45, 7) is 1.51. The molecule has 0 unspecified atom stereocenters. The lowest BCUT2D eigenvalue weighted by Crippen LogP contribution is -2.43. The molecule has 25 heavy (non-hydrogen) atoms. The highest BCUT2D eigenvalue weighted by Crippen LogP contribution is 2.25. The van der Waals surface area contributed by atoms with Crippen LogP contribution in [-0.2, 0) is 14.3 Å². The first kappa shape index (κ1) is 19.0. The second kappa shape index (κ2) is 8.17. The molecule has 1 fully saturated rings. The van der Waals surface area contributed by atoms with Crippen LogP contribution in [0.4, 0.5) is 10.5 Å². The maximum Gasteiger partial charge on any atom is 0.339 e. The summed E-state index contributed by atoms with van der Waals surface area (Å²) in [6.07, 6.45) is 0.552. The van der Waals surface area contributed by atoms with Crippen LogP contribution in [0, 0.1) is 0 Å². The summed E-state index contributed by atoms with van der Waals surface area (Å²) >= 11 is 11.7. The SMILES string of the molecule is COC(=O)[C@@H]1CCC(=O)N1C(C)=NNC(=O)Nc1ccc(Cl)c(Cl)c1. The fourth-order valence-corrected chi connectivity index (χ4v) is 2.67. The number of likely N-dealkylation sites (tertiary alicyclic amines) is 1. The number of benzene rings is 1. The van der Waals surface area contributed by atoms with Crippen molar-refractivity contribution in [3.05, 3.63) is 28.2 Å². The monoisotopic (exact) mass is 386 g/mol. The Morgan fingerprint density at radius 1 is 1.32 bits per heavy atom. The molecule has 1 aliphatic rings. The number of rotatable bonds is 3. The Morgan fingerprint density at radius 3 is 2.68 bits per heavy atom. The molecule has 1 saturated heterocycles. The van der Waals surface area contributed by atoms with Crippen LogP contribution in [0.25, 0.3) is 0 Å². The standard InChI is InChI=1S/C15H16Cl2N4O4/c1-8(21-12(14(23)25-2)5-6-13(21)22)19-20-15(24)18-9-3-4-10(16)11(17)7-9/h3-4,7,12H,5-6H2,1-2H3,(H2,18,20,24)/t12-/m0/s1. The smallest absolute Gasteiger partial charge is 0.339 e. The van der Waals surface area contributed by atoms with Crippen molar-refractivity contribution in [2.75, 3.05) is 12.4 Å². The Bertz CT molecular complexity index is 738. The molecular weight excluding hydrogens is 371 g/mol. The van der Waals surface area contributed by atoms with Gasteiger partial charge in [-0.2, -0.15) is 5.10 Å². The Balaban J connectivity index is 2.01. The van der Waals surface area contributed by atoms with E-state index >= 15 is 0 Å². The van der Waals surface area contributed by atoms with Gasteiger partial charge in [-0.3, -0.25) is 9.69 Å². The fourth-order valence-electron chi connectivity index (χ4n) is 2.37. The lowest BCUT2D eigenvalue weighted by Gasteiger charge is -2.21. The average molecular weight is 387 g/mol. The van der Waals surface area contributed by atoms with Crippen LogP contribution >= 0.6 is 23.2 Å². The van der Waals surface area contributed by atoms with Crippen molar-refractivity contribution < 1.29 is 19.1 Å². The van der Waals surface area contributed by atoms with E-state index < -0.39 is 18.0 Å². The zero-order chi connectivity index (χ0) is 18.6. The number of nitrogens with zero attached hydrogens (tertiary/aromatic N) is 2. The van der Waals surface area contributed by atoms with Crippen LogP contribution < -0.4 is 10.7 Å². The lowest BCUT2D eigenvalue weighted by atomic mass is 10.2.